The van der Waals surface area contributed by atoms with E-state index in [1.165, 1.54) is 5.56 Å². The monoisotopic (exact) mass is 131 g/mol. The van der Waals surface area contributed by atoms with Crippen molar-refractivity contribution in [3.05, 3.63) is 36.1 Å². The smallest absolute Gasteiger partial charge is 0.170 e. The SMILES string of the molecule is Cc1cccc2c[c]oc12. The van der Waals surface area contributed by atoms with Crippen LogP contribution in [0, 0.1) is 13.2 Å². The third kappa shape index (κ3) is 0.637. The van der Waals surface area contributed by atoms with E-state index in [1.807, 2.05) is 31.2 Å². The molecule has 10 heavy (non-hydrogen) atoms. The van der Waals surface area contributed by atoms with E-state index in [1.54, 1.807) is 0 Å². The van der Waals surface area contributed by atoms with Crippen LogP contribution in [-0.4, -0.2) is 0 Å². The Bertz CT molecular complexity index is 346. The summed E-state index contributed by atoms with van der Waals surface area (Å²) in [6.45, 7) is 2.03. The lowest BCUT2D eigenvalue weighted by molar-refractivity contribution is 0.603. The van der Waals surface area contributed by atoms with Gasteiger partial charge in [-0.3, -0.25) is 0 Å². The van der Waals surface area contributed by atoms with Crippen LogP contribution in [0.5, 0.6) is 0 Å². The predicted octanol–water partition coefficient (Wildman–Crippen LogP) is 2.54. The molecule has 0 unspecified atom stereocenters. The Kier molecular flexibility index (Phi) is 1.04. The topological polar surface area (TPSA) is 13.1 Å². The van der Waals surface area contributed by atoms with Gasteiger partial charge in [-0.1, -0.05) is 18.2 Å². The fourth-order valence-electron chi connectivity index (χ4n) is 1.08. The standard InChI is InChI=1S/C9H7O/c1-7-3-2-4-8-5-6-10-9(7)8/h2-5H,1H3. The molecule has 2 rings (SSSR count). The van der Waals surface area contributed by atoms with Gasteiger partial charge in [0.25, 0.3) is 0 Å². The van der Waals surface area contributed by atoms with Crippen LogP contribution in [-0.2, 0) is 0 Å². The van der Waals surface area contributed by atoms with Crippen LogP contribution in [0.25, 0.3) is 11.0 Å². The van der Waals surface area contributed by atoms with Crippen LogP contribution in [0.4, 0.5) is 0 Å². The molecule has 0 fully saturated rings. The Balaban J connectivity index is 2.95. The first-order chi connectivity index (χ1) is 4.88. The summed E-state index contributed by atoms with van der Waals surface area (Å²) >= 11 is 0. The zero-order valence-electron chi connectivity index (χ0n) is 5.72. The quantitative estimate of drug-likeness (QED) is 0.535. The molecule has 0 spiro atoms. The summed E-state index contributed by atoms with van der Waals surface area (Å²) in [5.74, 6) is 0. The fraction of sp³-hybridized carbons (Fsp3) is 0.111. The first kappa shape index (κ1) is 5.54. The van der Waals surface area contributed by atoms with Gasteiger partial charge < -0.3 is 4.42 Å². The minimum atomic E-state index is 0.947. The molecule has 1 heteroatoms. The van der Waals surface area contributed by atoms with Gasteiger partial charge in [0.05, 0.1) is 0 Å². The van der Waals surface area contributed by atoms with Crippen LogP contribution >= 0.6 is 0 Å². The van der Waals surface area contributed by atoms with Gasteiger partial charge >= 0.3 is 0 Å². The summed E-state index contributed by atoms with van der Waals surface area (Å²) in [4.78, 5) is 0. The molecule has 0 bridgehead atoms. The Labute approximate surface area is 59.3 Å². The third-order valence-corrected chi connectivity index (χ3v) is 1.62. The summed E-state index contributed by atoms with van der Waals surface area (Å²) in [7, 11) is 0. The molecule has 0 aliphatic rings. The molecule has 0 saturated heterocycles. The van der Waals surface area contributed by atoms with Gasteiger partial charge in [0.15, 0.2) is 6.26 Å². The summed E-state index contributed by atoms with van der Waals surface area (Å²) in [5.41, 5.74) is 2.11. The van der Waals surface area contributed by atoms with E-state index < -0.39 is 0 Å². The number of hydrogen-bond donors (Lipinski definition) is 0. The number of furan rings is 1. The summed E-state index contributed by atoms with van der Waals surface area (Å²) in [6.07, 6.45) is 2.70. The van der Waals surface area contributed by atoms with Crippen LogP contribution in [0.15, 0.2) is 28.7 Å². The molecule has 0 aliphatic heterocycles. The summed E-state index contributed by atoms with van der Waals surface area (Å²) < 4.78 is 5.12. The van der Waals surface area contributed by atoms with Gasteiger partial charge in [0.2, 0.25) is 0 Å². The highest BCUT2D eigenvalue weighted by Crippen LogP contribution is 2.17. The zero-order valence-corrected chi connectivity index (χ0v) is 5.72. The number of aryl methyl sites for hydroxylation is 1. The van der Waals surface area contributed by atoms with Crippen LogP contribution < -0.4 is 0 Å². The van der Waals surface area contributed by atoms with Gasteiger partial charge in [-0.2, -0.15) is 0 Å². The van der Waals surface area contributed by atoms with E-state index in [4.69, 9.17) is 4.42 Å². The number of benzene rings is 1. The molecule has 0 aliphatic carbocycles. The minimum absolute atomic E-state index is 0.947. The van der Waals surface area contributed by atoms with Crippen LogP contribution in [0.2, 0.25) is 0 Å². The van der Waals surface area contributed by atoms with Crippen molar-refractivity contribution < 1.29 is 4.42 Å². The van der Waals surface area contributed by atoms with Gasteiger partial charge in [-0.05, 0) is 18.6 Å². The average molecular weight is 131 g/mol. The van der Waals surface area contributed by atoms with E-state index in [0.717, 1.165) is 11.0 Å². The number of fused-ring (bicyclic) bond motifs is 1. The third-order valence-electron chi connectivity index (χ3n) is 1.62. The minimum Gasteiger partial charge on any atom is -0.453 e. The lowest BCUT2D eigenvalue weighted by Crippen LogP contribution is -1.69. The molecule has 0 N–H and O–H groups in total. The highest BCUT2D eigenvalue weighted by molar-refractivity contribution is 5.79. The predicted molar refractivity (Wildman–Crippen MR) is 39.8 cm³/mol. The van der Waals surface area contributed by atoms with Crippen molar-refractivity contribution in [1.29, 1.82) is 0 Å². The van der Waals surface area contributed by atoms with Crippen LogP contribution in [0.3, 0.4) is 0 Å². The lowest BCUT2D eigenvalue weighted by atomic mass is 10.2. The van der Waals surface area contributed by atoms with Crippen molar-refractivity contribution in [2.75, 3.05) is 0 Å². The second-order valence-electron chi connectivity index (χ2n) is 2.36. The van der Waals surface area contributed by atoms with Crippen molar-refractivity contribution >= 4 is 11.0 Å². The average Bonchev–Trinajstić information content (AvgIpc) is 2.36. The van der Waals surface area contributed by atoms with Gasteiger partial charge in [0.1, 0.15) is 5.58 Å². The normalized spacial score (nSPS) is 10.5. The van der Waals surface area contributed by atoms with Gasteiger partial charge in [-0.15, -0.1) is 0 Å². The van der Waals surface area contributed by atoms with Crippen LogP contribution in [0.1, 0.15) is 5.56 Å². The van der Waals surface area contributed by atoms with E-state index in [2.05, 4.69) is 6.26 Å². The van der Waals surface area contributed by atoms with Crippen molar-refractivity contribution in [3.8, 4) is 0 Å². The molecular formula is C9H7O. The van der Waals surface area contributed by atoms with E-state index in [0.29, 0.717) is 0 Å². The second-order valence-corrected chi connectivity index (χ2v) is 2.36. The zero-order chi connectivity index (χ0) is 6.97. The van der Waals surface area contributed by atoms with Crippen molar-refractivity contribution in [1.82, 2.24) is 0 Å². The molecular weight excluding hydrogens is 124 g/mol. The van der Waals surface area contributed by atoms with Crippen molar-refractivity contribution in [2.45, 2.75) is 6.92 Å². The maximum absolute atomic E-state index is 5.12. The molecule has 0 atom stereocenters. The Morgan fingerprint density at radius 3 is 3.10 bits per heavy atom. The molecule has 1 aromatic carbocycles. The fourth-order valence-corrected chi connectivity index (χ4v) is 1.08. The molecule has 2 aromatic rings. The summed E-state index contributed by atoms with van der Waals surface area (Å²) in [6, 6.07) is 7.91. The molecule has 49 valence electrons. The highest BCUT2D eigenvalue weighted by atomic mass is 16.3. The summed E-state index contributed by atoms with van der Waals surface area (Å²) in [5, 5.41) is 1.12. The number of hydrogen-bond acceptors (Lipinski definition) is 1. The second kappa shape index (κ2) is 1.87. The molecule has 0 amide bonds. The first-order valence-electron chi connectivity index (χ1n) is 3.23. The largest absolute Gasteiger partial charge is 0.453 e. The number of rotatable bonds is 0. The maximum atomic E-state index is 5.12. The Morgan fingerprint density at radius 1 is 1.40 bits per heavy atom. The molecule has 1 aromatic heterocycles. The molecule has 1 nitrogen and oxygen atoms in total. The van der Waals surface area contributed by atoms with Crippen molar-refractivity contribution in [2.24, 2.45) is 0 Å². The Hall–Kier alpha value is -1.24. The Morgan fingerprint density at radius 2 is 2.30 bits per heavy atom. The van der Waals surface area contributed by atoms with E-state index >= 15 is 0 Å². The highest BCUT2D eigenvalue weighted by Gasteiger charge is 1.97. The number of para-hydroxylation sites is 1. The van der Waals surface area contributed by atoms with Crippen molar-refractivity contribution in [3.63, 3.8) is 0 Å². The lowest BCUT2D eigenvalue weighted by Gasteiger charge is -1.90. The molecule has 1 heterocycles. The van der Waals surface area contributed by atoms with Gasteiger partial charge in [-0.25, -0.2) is 0 Å². The van der Waals surface area contributed by atoms with Gasteiger partial charge in [0, 0.05) is 5.39 Å². The van der Waals surface area contributed by atoms with E-state index in [9.17, 15) is 0 Å². The molecule has 0 saturated carbocycles. The maximum Gasteiger partial charge on any atom is 0.170 e. The molecule has 1 radical (unpaired) electrons. The first-order valence-corrected chi connectivity index (χ1v) is 3.23. The van der Waals surface area contributed by atoms with E-state index in [-0.39, 0.29) is 0 Å².